The number of carboxylic acids is 2. The van der Waals surface area contributed by atoms with Crippen molar-refractivity contribution < 1.29 is 30.0 Å². The van der Waals surface area contributed by atoms with Crippen LogP contribution in [0.2, 0.25) is 0 Å². The van der Waals surface area contributed by atoms with Crippen LogP contribution in [0.4, 0.5) is 0 Å². The van der Waals surface area contributed by atoms with Crippen molar-refractivity contribution in [2.45, 2.75) is 148 Å². The average molecular weight is 1180 g/mol. The van der Waals surface area contributed by atoms with Crippen molar-refractivity contribution in [1.29, 1.82) is 0 Å². The van der Waals surface area contributed by atoms with Crippen LogP contribution >= 0.6 is 15.9 Å². The lowest BCUT2D eigenvalue weighted by Gasteiger charge is -2.17. The van der Waals surface area contributed by atoms with Gasteiger partial charge in [0.1, 0.15) is 11.5 Å². The van der Waals surface area contributed by atoms with Crippen LogP contribution in [-0.2, 0) is 9.59 Å². The van der Waals surface area contributed by atoms with Crippen molar-refractivity contribution in [2.24, 2.45) is 65.5 Å². The minimum absolute atomic E-state index is 0.00413. The summed E-state index contributed by atoms with van der Waals surface area (Å²) >= 11 is 3.94. The van der Waals surface area contributed by atoms with E-state index in [9.17, 15) is 30.0 Å². The molecule has 2 aliphatic carbocycles. The highest BCUT2D eigenvalue weighted by atomic mass is 79.9. The highest BCUT2D eigenvalue weighted by Crippen LogP contribution is 2.50. The second-order valence-electron chi connectivity index (χ2n) is 24.3. The maximum absolute atomic E-state index is 11.7. The molecule has 2 fully saturated rings. The zero-order valence-electron chi connectivity index (χ0n) is 50.2. The van der Waals surface area contributed by atoms with E-state index in [0.717, 1.165) is 164 Å². The van der Waals surface area contributed by atoms with Crippen LogP contribution in [0, 0.1) is 35.5 Å². The molecule has 0 unspecified atom stereocenters. The Morgan fingerprint density at radius 2 is 0.976 bits per heavy atom. The number of hydrogen-bond donors (Lipinski definition) is 6. The number of rotatable bonds is 10. The number of aliphatic carboxylic acids is 2. The predicted molar refractivity (Wildman–Crippen MR) is 335 cm³/mol. The topological polar surface area (TPSA) is 213 Å². The first-order valence-electron chi connectivity index (χ1n) is 29.5. The number of allylic oxidation sites excluding steroid dienone is 24. The molecule has 0 aromatic rings. The zero-order valence-corrected chi connectivity index (χ0v) is 51.8. The highest BCUT2D eigenvalue weighted by Gasteiger charge is 2.44. The third kappa shape index (κ3) is 9.54. The minimum Gasteiger partial charge on any atom is -0.511 e. The maximum atomic E-state index is 11.7. The number of fused-ring (bicyclic) bond motifs is 10. The normalized spacial score (nSPS) is 25.2. The van der Waals surface area contributed by atoms with Gasteiger partial charge in [-0.2, -0.15) is 0 Å². The summed E-state index contributed by atoms with van der Waals surface area (Å²) < 4.78 is 0.881. The van der Waals surface area contributed by atoms with Crippen LogP contribution in [0.5, 0.6) is 0 Å². The van der Waals surface area contributed by atoms with Crippen LogP contribution in [0.3, 0.4) is 0 Å². The summed E-state index contributed by atoms with van der Waals surface area (Å²) in [6.07, 6.45) is 14.0. The first-order valence-corrected chi connectivity index (χ1v) is 30.3. The first-order chi connectivity index (χ1) is 39.4. The second kappa shape index (κ2) is 21.6. The summed E-state index contributed by atoms with van der Waals surface area (Å²) in [5, 5.41) is 48.9. The molecule has 0 aromatic carbocycles. The van der Waals surface area contributed by atoms with E-state index in [0.29, 0.717) is 37.2 Å². The number of aliphatic hydroxyl groups excluding tert-OH is 2. The highest BCUT2D eigenvalue weighted by molar-refractivity contribution is 9.12. The molecule has 0 spiro atoms. The van der Waals surface area contributed by atoms with Crippen molar-refractivity contribution in [3.05, 3.63) is 181 Å². The molecule has 83 heavy (non-hydrogen) atoms. The summed E-state index contributed by atoms with van der Waals surface area (Å²) in [7, 11) is 0. The standard InChI is InChI=1S/C34H37BrN4O3.C34H38N4O3/c1-8-19-15(4)22-13-25-28(14(2)3)18(7)32(38-25)30(35)31-16(5)20(9-10-27(41)42)33(39-31)21-11-26(40)29-17(6)23(37-34(21)29)12-24(19)36-22;1-8-20-16(4)23-14-28-31(15(2)3)18(6)25(36-28)12-24-17(5)21(9-10-30(40)41)33(37-24)22-11-29(39)32-19(7)26(38-34(22)32)13-27(20)35-23/h12-14,16,20,39-40H,8-11H2,1-7H3,(H,41,42);12-15,17,21,37,39H,8-11H2,1-7H3,(H,40,41)/t16-,20-;17-,21-/m00/s1. The number of nitrogens with one attached hydrogen (secondary N) is 2. The summed E-state index contributed by atoms with van der Waals surface area (Å²) in [5.74, 6) is -0.513. The van der Waals surface area contributed by atoms with Gasteiger partial charge in [-0.3, -0.25) is 9.59 Å². The third-order valence-electron chi connectivity index (χ3n) is 18.8. The summed E-state index contributed by atoms with van der Waals surface area (Å²) in [5.41, 5.74) is 29.1. The molecule has 0 saturated carbocycles. The van der Waals surface area contributed by atoms with Gasteiger partial charge in [-0.15, -0.1) is 0 Å². The summed E-state index contributed by atoms with van der Waals surface area (Å²) in [4.78, 5) is 54.0. The van der Waals surface area contributed by atoms with E-state index in [1.807, 2.05) is 19.9 Å². The first kappa shape index (κ1) is 57.3. The van der Waals surface area contributed by atoms with Gasteiger partial charge in [-0.05, 0) is 181 Å². The SMILES string of the molecule is CCC1=C(C)C2=NC1=CC1=C(C)C3=C(O)CC(=C4NC(=C(Br)C5=NC(=C2)C(C(C)C)=C5C)[C@@H](C)[C@@H]4CCC(=O)O)C3=N1.CCC1=C(C)C2=NC1=CC1=C(C)C3=C(O)CC(=C4NC(=CC5=NC(=C2)C(C(C)C)=C5C)[C@@H](C)[C@@H]4CCC(=O)O)C3=N1. The monoisotopic (exact) mass is 1180 g/mol. The van der Waals surface area contributed by atoms with E-state index in [1.165, 1.54) is 22.3 Å². The minimum atomic E-state index is -0.819. The fourth-order valence-electron chi connectivity index (χ4n) is 14.4. The summed E-state index contributed by atoms with van der Waals surface area (Å²) in [6.45, 7) is 29.9. The van der Waals surface area contributed by atoms with Crippen LogP contribution < -0.4 is 10.6 Å². The number of carboxylic acid groups (broad SMARTS) is 2. The maximum Gasteiger partial charge on any atom is 0.303 e. The quantitative estimate of drug-likeness (QED) is 0.123. The number of halogens is 1. The lowest BCUT2D eigenvalue weighted by Crippen LogP contribution is -2.15. The molecular formula is C68H75BrN8O6. The molecule has 6 N–H and O–H groups in total. The van der Waals surface area contributed by atoms with E-state index < -0.39 is 11.9 Å². The van der Waals surface area contributed by atoms with Gasteiger partial charge in [0.15, 0.2) is 0 Å². The van der Waals surface area contributed by atoms with Gasteiger partial charge in [0.05, 0.1) is 72.9 Å². The van der Waals surface area contributed by atoms with E-state index >= 15 is 0 Å². The Morgan fingerprint density at radius 1 is 0.542 bits per heavy atom. The Kier molecular flexibility index (Phi) is 14.9. The lowest BCUT2D eigenvalue weighted by molar-refractivity contribution is -0.138. The molecule has 10 heterocycles. The molecule has 0 amide bonds. The second-order valence-corrected chi connectivity index (χ2v) is 25.1. The third-order valence-corrected chi connectivity index (χ3v) is 19.6. The van der Waals surface area contributed by atoms with Gasteiger partial charge in [0.25, 0.3) is 0 Å². The number of aliphatic hydroxyl groups is 2. The molecule has 14 nitrogen and oxygen atoms in total. The van der Waals surface area contributed by atoms with Gasteiger partial charge in [-0.25, -0.2) is 30.0 Å². The van der Waals surface area contributed by atoms with E-state index in [2.05, 4.69) is 134 Å². The van der Waals surface area contributed by atoms with Gasteiger partial charge in [-0.1, -0.05) is 55.4 Å². The molecule has 15 heteroatoms. The Hall–Kier alpha value is -7.52. The average Bonchev–Trinajstić information content (AvgIpc) is 2.06. The Morgan fingerprint density at radius 3 is 1.45 bits per heavy atom. The fraction of sp³-hybridized carbons (Fsp3) is 0.412. The smallest absolute Gasteiger partial charge is 0.303 e. The van der Waals surface area contributed by atoms with Crippen molar-refractivity contribution in [3.8, 4) is 0 Å². The van der Waals surface area contributed by atoms with Gasteiger partial charge in [0, 0.05) is 94.4 Å². The molecule has 16 bridgehead atoms. The molecular weight excluding hydrogens is 1100 g/mol. The van der Waals surface area contributed by atoms with Crippen molar-refractivity contribution in [1.82, 2.24) is 10.6 Å². The Labute approximate surface area is 495 Å². The molecule has 0 radical (unpaired) electrons. The van der Waals surface area contributed by atoms with Crippen LogP contribution in [-0.4, -0.2) is 66.6 Å². The number of nitrogens with zero attached hydrogens (tertiary/aromatic N) is 6. The van der Waals surface area contributed by atoms with Crippen LogP contribution in [0.25, 0.3) is 0 Å². The molecule has 10 aliphatic heterocycles. The van der Waals surface area contributed by atoms with Crippen molar-refractivity contribution in [2.75, 3.05) is 0 Å². The van der Waals surface area contributed by atoms with Crippen molar-refractivity contribution >= 4 is 62.1 Å². The summed E-state index contributed by atoms with van der Waals surface area (Å²) in [6, 6.07) is 0. The fourth-order valence-corrected chi connectivity index (χ4v) is 15.2. The largest absolute Gasteiger partial charge is 0.511 e. The van der Waals surface area contributed by atoms with Crippen LogP contribution in [0.15, 0.2) is 211 Å². The molecule has 4 atom stereocenters. The zero-order chi connectivity index (χ0) is 59.5. The number of aliphatic imine (C=N–C) groups is 6. The molecule has 12 aliphatic rings. The van der Waals surface area contributed by atoms with Crippen molar-refractivity contribution in [3.63, 3.8) is 0 Å². The van der Waals surface area contributed by atoms with Crippen LogP contribution in [0.1, 0.15) is 148 Å². The van der Waals surface area contributed by atoms with Gasteiger partial charge in [0.2, 0.25) is 0 Å². The number of hydrogen-bond acceptors (Lipinski definition) is 12. The Balaban J connectivity index is 0.000000174. The van der Waals surface area contributed by atoms with Gasteiger partial charge < -0.3 is 31.1 Å². The molecule has 12 rings (SSSR count). The van der Waals surface area contributed by atoms with E-state index in [1.54, 1.807) is 0 Å². The Bertz CT molecular complexity index is 3870. The lowest BCUT2D eigenvalue weighted by atomic mass is 9.86. The predicted octanol–water partition coefficient (Wildman–Crippen LogP) is 15.1. The van der Waals surface area contributed by atoms with E-state index in [4.69, 9.17) is 30.0 Å². The molecule has 430 valence electrons. The van der Waals surface area contributed by atoms with E-state index in [-0.39, 0.29) is 48.3 Å². The molecule has 2 saturated heterocycles. The van der Waals surface area contributed by atoms with Gasteiger partial charge >= 0.3 is 11.9 Å². The molecule has 0 aromatic heterocycles. The number of carbonyl (C=O) groups is 2.